The van der Waals surface area contributed by atoms with Crippen molar-refractivity contribution in [3.05, 3.63) is 11.8 Å². The van der Waals surface area contributed by atoms with E-state index in [0.717, 1.165) is 37.8 Å². The van der Waals surface area contributed by atoms with E-state index in [1.54, 1.807) is 0 Å². The second kappa shape index (κ2) is 6.18. The first-order valence-corrected chi connectivity index (χ1v) is 8.15. The maximum atomic E-state index is 5.57. The van der Waals surface area contributed by atoms with E-state index in [1.165, 1.54) is 25.7 Å². The Morgan fingerprint density at radius 1 is 1.33 bits per heavy atom. The Balaban J connectivity index is 1.79. The van der Waals surface area contributed by atoms with Crippen LogP contribution in [0.4, 0.5) is 5.95 Å². The monoisotopic (exact) mass is 290 g/mol. The molecule has 2 fully saturated rings. The molecule has 2 saturated heterocycles. The van der Waals surface area contributed by atoms with Gasteiger partial charge in [0.1, 0.15) is 0 Å². The van der Waals surface area contributed by atoms with Gasteiger partial charge in [0.2, 0.25) is 11.8 Å². The molecule has 0 bridgehead atoms. The van der Waals surface area contributed by atoms with Crippen molar-refractivity contribution in [1.82, 2.24) is 15.3 Å². The summed E-state index contributed by atoms with van der Waals surface area (Å²) in [5.41, 5.74) is 1.39. The zero-order valence-corrected chi connectivity index (χ0v) is 13.2. The number of hydrogen-bond acceptors (Lipinski definition) is 5. The van der Waals surface area contributed by atoms with E-state index in [9.17, 15) is 0 Å². The lowest BCUT2D eigenvalue weighted by Crippen LogP contribution is -2.51. The van der Waals surface area contributed by atoms with Crippen molar-refractivity contribution in [2.24, 2.45) is 5.41 Å². The van der Waals surface area contributed by atoms with Crippen LogP contribution in [0.1, 0.15) is 38.3 Å². The van der Waals surface area contributed by atoms with Gasteiger partial charge in [-0.3, -0.25) is 0 Å². The van der Waals surface area contributed by atoms with E-state index in [0.29, 0.717) is 17.9 Å². The predicted molar refractivity (Wildman–Crippen MR) is 83.9 cm³/mol. The van der Waals surface area contributed by atoms with E-state index in [-0.39, 0.29) is 0 Å². The fraction of sp³-hybridized carbons (Fsp3) is 0.750. The highest BCUT2D eigenvalue weighted by atomic mass is 16.5. The van der Waals surface area contributed by atoms with Gasteiger partial charge < -0.3 is 15.0 Å². The van der Waals surface area contributed by atoms with Crippen LogP contribution in [0.15, 0.2) is 6.07 Å². The maximum Gasteiger partial charge on any atom is 0.228 e. The first-order chi connectivity index (χ1) is 10.2. The number of ether oxygens (including phenoxy) is 1. The molecule has 116 valence electrons. The van der Waals surface area contributed by atoms with E-state index in [2.05, 4.69) is 20.2 Å². The Bertz CT molecular complexity index is 480. The zero-order valence-electron chi connectivity index (χ0n) is 13.2. The Kier molecular flexibility index (Phi) is 4.29. The lowest BCUT2D eigenvalue weighted by molar-refractivity contribution is 0.172. The van der Waals surface area contributed by atoms with Gasteiger partial charge in [-0.2, -0.15) is 4.98 Å². The van der Waals surface area contributed by atoms with Crippen LogP contribution in [0.2, 0.25) is 0 Å². The summed E-state index contributed by atoms with van der Waals surface area (Å²) < 4.78 is 5.57. The van der Waals surface area contributed by atoms with E-state index >= 15 is 0 Å². The summed E-state index contributed by atoms with van der Waals surface area (Å²) >= 11 is 0. The highest BCUT2D eigenvalue weighted by Gasteiger charge is 2.37. The van der Waals surface area contributed by atoms with Gasteiger partial charge in [-0.05, 0) is 46.1 Å². The first-order valence-electron chi connectivity index (χ1n) is 8.15. The van der Waals surface area contributed by atoms with Crippen molar-refractivity contribution < 1.29 is 4.74 Å². The number of hydrogen-bond donors (Lipinski definition) is 1. The molecule has 0 radical (unpaired) electrons. The summed E-state index contributed by atoms with van der Waals surface area (Å²) in [6.45, 7) is 9.05. The molecule has 21 heavy (non-hydrogen) atoms. The molecule has 1 N–H and O–H groups in total. The molecule has 5 heteroatoms. The van der Waals surface area contributed by atoms with Gasteiger partial charge in [-0.15, -0.1) is 0 Å². The maximum absolute atomic E-state index is 5.57. The molecule has 3 rings (SSSR count). The number of aryl methyl sites for hydroxylation is 1. The van der Waals surface area contributed by atoms with E-state index in [1.807, 2.05) is 19.9 Å². The molecule has 3 heterocycles. The molecule has 0 aromatic carbocycles. The third-order valence-corrected chi connectivity index (χ3v) is 4.62. The van der Waals surface area contributed by atoms with Gasteiger partial charge in [0.05, 0.1) is 6.61 Å². The molecule has 1 atom stereocenters. The average Bonchev–Trinajstić information content (AvgIpc) is 2.48. The van der Waals surface area contributed by atoms with Crippen LogP contribution in [-0.2, 0) is 0 Å². The lowest BCUT2D eigenvalue weighted by Gasteiger charge is -2.45. The van der Waals surface area contributed by atoms with Gasteiger partial charge in [0.25, 0.3) is 0 Å². The highest BCUT2D eigenvalue weighted by Crippen LogP contribution is 2.37. The minimum absolute atomic E-state index is 0.412. The van der Waals surface area contributed by atoms with Crippen molar-refractivity contribution in [2.75, 3.05) is 37.7 Å². The van der Waals surface area contributed by atoms with Crippen molar-refractivity contribution in [2.45, 2.75) is 39.5 Å². The molecular formula is C16H26N4O. The summed E-state index contributed by atoms with van der Waals surface area (Å²) in [6, 6.07) is 1.91. The van der Waals surface area contributed by atoms with Crippen LogP contribution < -0.4 is 15.0 Å². The summed E-state index contributed by atoms with van der Waals surface area (Å²) in [6.07, 6.45) is 5.15. The summed E-state index contributed by atoms with van der Waals surface area (Å²) in [4.78, 5) is 11.6. The fourth-order valence-corrected chi connectivity index (χ4v) is 3.65. The number of nitrogens with zero attached hydrogens (tertiary/aromatic N) is 3. The van der Waals surface area contributed by atoms with Crippen LogP contribution >= 0.6 is 0 Å². The summed E-state index contributed by atoms with van der Waals surface area (Å²) in [7, 11) is 0. The molecule has 1 spiro atoms. The van der Waals surface area contributed by atoms with Gasteiger partial charge in [0, 0.05) is 36.8 Å². The van der Waals surface area contributed by atoms with Crippen molar-refractivity contribution in [3.8, 4) is 5.88 Å². The molecule has 0 amide bonds. The second-order valence-corrected chi connectivity index (χ2v) is 6.39. The summed E-state index contributed by atoms with van der Waals surface area (Å²) in [5.74, 6) is 1.53. The van der Waals surface area contributed by atoms with Gasteiger partial charge in [0.15, 0.2) is 0 Å². The van der Waals surface area contributed by atoms with Gasteiger partial charge in [-0.25, -0.2) is 4.98 Å². The third-order valence-electron chi connectivity index (χ3n) is 4.62. The molecular weight excluding hydrogens is 264 g/mol. The molecule has 0 saturated carbocycles. The first kappa shape index (κ1) is 14.6. The molecule has 0 aliphatic carbocycles. The van der Waals surface area contributed by atoms with Gasteiger partial charge in [-0.1, -0.05) is 0 Å². The molecule has 1 unspecified atom stereocenters. The van der Waals surface area contributed by atoms with Crippen LogP contribution in [0.5, 0.6) is 5.88 Å². The topological polar surface area (TPSA) is 50.3 Å². The van der Waals surface area contributed by atoms with Crippen LogP contribution in [0.3, 0.4) is 0 Å². The van der Waals surface area contributed by atoms with E-state index in [4.69, 9.17) is 4.74 Å². The smallest absolute Gasteiger partial charge is 0.228 e. The second-order valence-electron chi connectivity index (χ2n) is 6.39. The summed E-state index contributed by atoms with van der Waals surface area (Å²) in [5, 5.41) is 3.57. The minimum Gasteiger partial charge on any atom is -0.478 e. The van der Waals surface area contributed by atoms with Crippen molar-refractivity contribution in [3.63, 3.8) is 0 Å². The molecule has 5 nitrogen and oxygen atoms in total. The number of piperidine rings is 2. The highest BCUT2D eigenvalue weighted by molar-refractivity contribution is 5.35. The van der Waals surface area contributed by atoms with Gasteiger partial charge >= 0.3 is 0 Å². The van der Waals surface area contributed by atoms with Crippen LogP contribution in [-0.4, -0.2) is 42.8 Å². The Hall–Kier alpha value is -1.36. The largest absolute Gasteiger partial charge is 0.478 e. The average molecular weight is 290 g/mol. The molecule has 1 aromatic rings. The predicted octanol–water partition coefficient (Wildman–Crippen LogP) is 2.15. The Morgan fingerprint density at radius 3 is 2.95 bits per heavy atom. The SMILES string of the molecule is CCOc1cc(C)nc(N2CCCC3(CCCNC3)C2)n1. The number of nitrogens with one attached hydrogen (secondary N) is 1. The van der Waals surface area contributed by atoms with Crippen molar-refractivity contribution in [1.29, 1.82) is 0 Å². The quantitative estimate of drug-likeness (QED) is 0.924. The molecule has 2 aliphatic rings. The number of anilines is 1. The Morgan fingerprint density at radius 2 is 2.19 bits per heavy atom. The van der Waals surface area contributed by atoms with Crippen LogP contribution in [0.25, 0.3) is 0 Å². The normalized spacial score (nSPS) is 26.1. The third kappa shape index (κ3) is 3.28. The van der Waals surface area contributed by atoms with Crippen LogP contribution in [0, 0.1) is 12.3 Å². The molecule has 1 aromatic heterocycles. The lowest BCUT2D eigenvalue weighted by atomic mass is 9.74. The zero-order chi connectivity index (χ0) is 14.7. The Labute approximate surface area is 127 Å². The number of aromatic nitrogens is 2. The standard InChI is InChI=1S/C16H26N4O/c1-3-21-14-10-13(2)18-15(19-14)20-9-5-7-16(12-20)6-4-8-17-11-16/h10,17H,3-9,11-12H2,1-2H3. The fourth-order valence-electron chi connectivity index (χ4n) is 3.65. The van der Waals surface area contributed by atoms with E-state index < -0.39 is 0 Å². The number of rotatable bonds is 3. The minimum atomic E-state index is 0.412. The van der Waals surface area contributed by atoms with Crippen molar-refractivity contribution >= 4 is 5.95 Å². The molecule has 2 aliphatic heterocycles.